The van der Waals surface area contributed by atoms with E-state index in [1.807, 2.05) is 36.9 Å². The molecular formula is C16H24ClNO2S. The predicted octanol–water partition coefficient (Wildman–Crippen LogP) is 3.12. The van der Waals surface area contributed by atoms with Crippen LogP contribution in [-0.4, -0.2) is 42.4 Å². The molecule has 1 fully saturated rings. The highest BCUT2D eigenvalue weighted by molar-refractivity contribution is 7.99. The van der Waals surface area contributed by atoms with Crippen molar-refractivity contribution in [3.05, 3.63) is 28.8 Å². The van der Waals surface area contributed by atoms with Crippen LogP contribution in [0.5, 0.6) is 5.75 Å². The van der Waals surface area contributed by atoms with Gasteiger partial charge in [-0.25, -0.2) is 0 Å². The molecule has 5 heteroatoms. The maximum atomic E-state index is 9.95. The molecule has 0 bridgehead atoms. The third-order valence-electron chi connectivity index (χ3n) is 3.73. The van der Waals surface area contributed by atoms with E-state index >= 15 is 0 Å². The maximum Gasteiger partial charge on any atom is 0.119 e. The molecule has 1 aliphatic rings. The Hall–Kier alpha value is -0.420. The average Bonchev–Trinajstić information content (AvgIpc) is 2.49. The first-order valence-corrected chi connectivity index (χ1v) is 9.04. The van der Waals surface area contributed by atoms with Crippen LogP contribution in [0, 0.1) is 12.8 Å². The third-order valence-corrected chi connectivity index (χ3v) is 5.20. The Morgan fingerprint density at radius 3 is 2.90 bits per heavy atom. The molecule has 0 radical (unpaired) electrons. The zero-order chi connectivity index (χ0) is 15.1. The third kappa shape index (κ3) is 6.07. The number of hydrogen-bond donors (Lipinski definition) is 2. The quantitative estimate of drug-likeness (QED) is 0.806. The molecule has 0 amide bonds. The smallest absolute Gasteiger partial charge is 0.119 e. The van der Waals surface area contributed by atoms with Gasteiger partial charge in [0.1, 0.15) is 18.5 Å². The van der Waals surface area contributed by atoms with Gasteiger partial charge in [0, 0.05) is 11.6 Å². The van der Waals surface area contributed by atoms with Gasteiger partial charge in [-0.1, -0.05) is 11.6 Å². The minimum atomic E-state index is -0.487. The molecule has 0 aromatic heterocycles. The molecule has 0 aliphatic carbocycles. The first-order chi connectivity index (χ1) is 10.1. The fourth-order valence-electron chi connectivity index (χ4n) is 2.36. The van der Waals surface area contributed by atoms with Crippen molar-refractivity contribution >= 4 is 23.4 Å². The molecule has 1 aromatic carbocycles. The van der Waals surface area contributed by atoms with E-state index in [1.165, 1.54) is 24.3 Å². The minimum Gasteiger partial charge on any atom is -0.491 e. The van der Waals surface area contributed by atoms with Crippen molar-refractivity contribution in [1.82, 2.24) is 5.32 Å². The summed E-state index contributed by atoms with van der Waals surface area (Å²) in [7, 11) is 0. The van der Waals surface area contributed by atoms with Gasteiger partial charge < -0.3 is 15.2 Å². The first-order valence-electron chi connectivity index (χ1n) is 7.50. The molecule has 0 saturated carbocycles. The van der Waals surface area contributed by atoms with Gasteiger partial charge in [-0.15, -0.1) is 0 Å². The Morgan fingerprint density at radius 1 is 1.43 bits per heavy atom. The molecule has 118 valence electrons. The van der Waals surface area contributed by atoms with Crippen molar-refractivity contribution in [3.8, 4) is 5.75 Å². The summed E-state index contributed by atoms with van der Waals surface area (Å²) in [5.41, 5.74) is 0.983. The second-order valence-corrected chi connectivity index (χ2v) is 7.22. The van der Waals surface area contributed by atoms with E-state index in [0.717, 1.165) is 28.8 Å². The molecule has 2 rings (SSSR count). The molecule has 21 heavy (non-hydrogen) atoms. The van der Waals surface area contributed by atoms with Crippen molar-refractivity contribution in [2.75, 3.05) is 31.2 Å². The van der Waals surface area contributed by atoms with E-state index in [4.69, 9.17) is 16.3 Å². The molecule has 1 heterocycles. The maximum absolute atomic E-state index is 9.95. The lowest BCUT2D eigenvalue weighted by Crippen LogP contribution is -2.35. The van der Waals surface area contributed by atoms with Gasteiger partial charge in [-0.2, -0.15) is 11.8 Å². The normalized spacial score (nSPS) is 17.7. The Bertz CT molecular complexity index is 438. The molecular weight excluding hydrogens is 306 g/mol. The summed E-state index contributed by atoms with van der Waals surface area (Å²) in [4.78, 5) is 0. The van der Waals surface area contributed by atoms with Crippen molar-refractivity contribution in [2.24, 2.45) is 5.92 Å². The molecule has 1 atom stereocenters. The number of hydrogen-bond acceptors (Lipinski definition) is 4. The highest BCUT2D eigenvalue weighted by Crippen LogP contribution is 2.22. The first kappa shape index (κ1) is 16.9. The predicted molar refractivity (Wildman–Crippen MR) is 90.6 cm³/mol. The number of aliphatic hydroxyl groups is 1. The van der Waals surface area contributed by atoms with Crippen LogP contribution in [0.4, 0.5) is 0 Å². The topological polar surface area (TPSA) is 41.5 Å². The zero-order valence-corrected chi connectivity index (χ0v) is 14.1. The largest absolute Gasteiger partial charge is 0.491 e. The van der Waals surface area contributed by atoms with Crippen molar-refractivity contribution in [3.63, 3.8) is 0 Å². The van der Waals surface area contributed by atoms with Crippen LogP contribution >= 0.6 is 23.4 Å². The number of benzene rings is 1. The van der Waals surface area contributed by atoms with Crippen molar-refractivity contribution < 1.29 is 9.84 Å². The second kappa shape index (κ2) is 8.89. The SMILES string of the molecule is Cc1cc(OCC(O)CNCC2CCSCC2)ccc1Cl. The summed E-state index contributed by atoms with van der Waals surface area (Å²) in [6.07, 6.45) is 2.08. The van der Waals surface area contributed by atoms with E-state index in [1.54, 1.807) is 0 Å². The number of nitrogens with one attached hydrogen (secondary N) is 1. The average molecular weight is 330 g/mol. The zero-order valence-electron chi connectivity index (χ0n) is 12.5. The van der Waals surface area contributed by atoms with Crippen molar-refractivity contribution in [2.45, 2.75) is 25.9 Å². The standard InChI is InChI=1S/C16H24ClNO2S/c1-12-8-15(2-3-16(12)17)20-11-14(19)10-18-9-13-4-6-21-7-5-13/h2-3,8,13-14,18-19H,4-7,9-11H2,1H3. The van der Waals surface area contributed by atoms with Gasteiger partial charge in [0.15, 0.2) is 0 Å². The molecule has 1 saturated heterocycles. The summed E-state index contributed by atoms with van der Waals surface area (Å²) in [5.74, 6) is 4.06. The Labute approximate surface area is 136 Å². The molecule has 0 spiro atoms. The van der Waals surface area contributed by atoms with Gasteiger partial charge in [0.25, 0.3) is 0 Å². The van der Waals surface area contributed by atoms with Gasteiger partial charge in [0.2, 0.25) is 0 Å². The number of aliphatic hydroxyl groups excluding tert-OH is 1. The lowest BCUT2D eigenvalue weighted by atomic mass is 10.0. The van der Waals surface area contributed by atoms with Crippen LogP contribution in [0.25, 0.3) is 0 Å². The number of ether oxygens (including phenoxy) is 1. The molecule has 3 nitrogen and oxygen atoms in total. The lowest BCUT2D eigenvalue weighted by molar-refractivity contribution is 0.105. The van der Waals surface area contributed by atoms with Gasteiger partial charge in [0.05, 0.1) is 0 Å². The van der Waals surface area contributed by atoms with E-state index in [-0.39, 0.29) is 0 Å². The van der Waals surface area contributed by atoms with Crippen LogP contribution in [-0.2, 0) is 0 Å². The van der Waals surface area contributed by atoms with Crippen LogP contribution in [0.2, 0.25) is 5.02 Å². The van der Waals surface area contributed by atoms with Crippen LogP contribution in [0.3, 0.4) is 0 Å². The lowest BCUT2D eigenvalue weighted by Gasteiger charge is -2.22. The fraction of sp³-hybridized carbons (Fsp3) is 0.625. The summed E-state index contributed by atoms with van der Waals surface area (Å²) >= 11 is 8.01. The van der Waals surface area contributed by atoms with Gasteiger partial charge in [-0.3, -0.25) is 0 Å². The summed E-state index contributed by atoms with van der Waals surface area (Å²) in [6, 6.07) is 5.54. The van der Waals surface area contributed by atoms with Crippen LogP contribution in [0.1, 0.15) is 18.4 Å². The Kier molecular flexibility index (Phi) is 7.17. The van der Waals surface area contributed by atoms with Gasteiger partial charge in [-0.05, 0) is 67.5 Å². The summed E-state index contributed by atoms with van der Waals surface area (Å²) in [5, 5.41) is 14.0. The second-order valence-electron chi connectivity index (χ2n) is 5.59. The van der Waals surface area contributed by atoms with Crippen LogP contribution < -0.4 is 10.1 Å². The van der Waals surface area contributed by atoms with E-state index in [0.29, 0.717) is 13.2 Å². The summed E-state index contributed by atoms with van der Waals surface area (Å²) in [6.45, 7) is 3.82. The molecule has 1 aromatic rings. The summed E-state index contributed by atoms with van der Waals surface area (Å²) < 4.78 is 5.59. The Balaban J connectivity index is 1.62. The molecule has 1 unspecified atom stereocenters. The highest BCUT2D eigenvalue weighted by atomic mass is 35.5. The number of thioether (sulfide) groups is 1. The van der Waals surface area contributed by atoms with E-state index < -0.39 is 6.10 Å². The van der Waals surface area contributed by atoms with E-state index in [2.05, 4.69) is 5.32 Å². The minimum absolute atomic E-state index is 0.300. The number of rotatable bonds is 7. The molecule has 1 aliphatic heterocycles. The van der Waals surface area contributed by atoms with Gasteiger partial charge >= 0.3 is 0 Å². The van der Waals surface area contributed by atoms with Crippen molar-refractivity contribution in [1.29, 1.82) is 0 Å². The Morgan fingerprint density at radius 2 is 2.19 bits per heavy atom. The fourth-order valence-corrected chi connectivity index (χ4v) is 3.68. The number of aryl methyl sites for hydroxylation is 1. The van der Waals surface area contributed by atoms with Crippen LogP contribution in [0.15, 0.2) is 18.2 Å². The number of halogens is 1. The highest BCUT2D eigenvalue weighted by Gasteiger charge is 2.14. The monoisotopic (exact) mass is 329 g/mol. The molecule has 2 N–H and O–H groups in total. The van der Waals surface area contributed by atoms with E-state index in [9.17, 15) is 5.11 Å².